The van der Waals surface area contributed by atoms with Crippen LogP contribution in [0, 0.1) is 0 Å². The van der Waals surface area contributed by atoms with Gasteiger partial charge in [0.2, 0.25) is 5.91 Å². The zero-order valence-electron chi connectivity index (χ0n) is 17.8. The molecule has 0 unspecified atom stereocenters. The summed E-state index contributed by atoms with van der Waals surface area (Å²) >= 11 is 0. The predicted octanol–water partition coefficient (Wildman–Crippen LogP) is -0.631. The number of aliphatic hydroxyl groups excluding tert-OH is 5. The van der Waals surface area contributed by atoms with Gasteiger partial charge in [-0.15, -0.1) is 0 Å². The summed E-state index contributed by atoms with van der Waals surface area (Å²) in [5.41, 5.74) is 0. The Morgan fingerprint density at radius 2 is 1.29 bits per heavy atom. The summed E-state index contributed by atoms with van der Waals surface area (Å²) in [7, 11) is -4.57. The van der Waals surface area contributed by atoms with E-state index >= 15 is 0 Å². The van der Waals surface area contributed by atoms with Crippen LogP contribution in [-0.2, 0) is 14.9 Å². The van der Waals surface area contributed by atoms with Crippen molar-refractivity contribution in [3.05, 3.63) is 0 Å². The van der Waals surface area contributed by atoms with Crippen molar-refractivity contribution in [2.24, 2.45) is 0 Å². The Labute approximate surface area is 207 Å². The van der Waals surface area contributed by atoms with Crippen LogP contribution < -0.4 is 0 Å². The molecule has 4 atom stereocenters. The van der Waals surface area contributed by atoms with E-state index in [1.807, 2.05) is 0 Å². The second-order valence-electron chi connectivity index (χ2n) is 7.70. The fourth-order valence-electron chi connectivity index (χ4n) is 3.07. The number of carbonyl (C=O) groups is 1. The summed E-state index contributed by atoms with van der Waals surface area (Å²) < 4.78 is 31.5. The molecule has 31 heavy (non-hydrogen) atoms. The third-order valence-corrected chi connectivity index (χ3v) is 5.54. The van der Waals surface area contributed by atoms with Gasteiger partial charge in [0.15, 0.2) is 0 Å². The molecule has 0 rings (SSSR count). The molecule has 10 nitrogen and oxygen atoms in total. The van der Waals surface area contributed by atoms with E-state index in [-0.39, 0.29) is 36.0 Å². The molecule has 0 bridgehead atoms. The van der Waals surface area contributed by atoms with Crippen molar-refractivity contribution in [3.63, 3.8) is 0 Å². The molecule has 0 aromatic carbocycles. The van der Waals surface area contributed by atoms with E-state index in [1.165, 1.54) is 25.7 Å². The number of aliphatic hydroxyl groups is 5. The Morgan fingerprint density at radius 1 is 0.839 bits per heavy atom. The Morgan fingerprint density at radius 3 is 1.74 bits per heavy atom. The van der Waals surface area contributed by atoms with Crippen molar-refractivity contribution < 1.29 is 43.3 Å². The molecule has 0 fully saturated rings. The van der Waals surface area contributed by atoms with Crippen molar-refractivity contribution >= 4 is 45.6 Å². The Bertz CT molecular complexity index is 565. The van der Waals surface area contributed by atoms with Gasteiger partial charge >= 0.3 is 29.6 Å². The first-order valence-electron chi connectivity index (χ1n) is 10.6. The second-order valence-corrected chi connectivity index (χ2v) is 9.13. The van der Waals surface area contributed by atoms with Crippen LogP contribution in [0.4, 0.5) is 0 Å². The molecule has 182 valence electrons. The van der Waals surface area contributed by atoms with Crippen molar-refractivity contribution in [2.75, 3.05) is 19.0 Å². The summed E-state index contributed by atoms with van der Waals surface area (Å²) in [6.07, 6.45) is 1.93. The van der Waals surface area contributed by atoms with Crippen LogP contribution >= 0.6 is 0 Å². The van der Waals surface area contributed by atoms with E-state index in [9.17, 15) is 33.6 Å². The fourth-order valence-corrected chi connectivity index (χ4v) is 3.71. The van der Waals surface area contributed by atoms with Gasteiger partial charge in [0.05, 0.1) is 13.2 Å². The number of unbranched alkanes of at least 4 members (excludes halogenated alkanes) is 8. The van der Waals surface area contributed by atoms with Crippen LogP contribution in [0.5, 0.6) is 0 Å². The first-order valence-corrected chi connectivity index (χ1v) is 12.2. The zero-order chi connectivity index (χ0) is 23.2. The molecular formula is C19H40NNaO9S. The molecule has 6 N–H and O–H groups in total. The van der Waals surface area contributed by atoms with Gasteiger partial charge in [-0.2, -0.15) is 8.42 Å². The molecule has 0 aliphatic heterocycles. The van der Waals surface area contributed by atoms with Gasteiger partial charge in [0.1, 0.15) is 30.3 Å². The van der Waals surface area contributed by atoms with Crippen LogP contribution in [0.15, 0.2) is 0 Å². The number of amides is 1. The summed E-state index contributed by atoms with van der Waals surface area (Å²) in [5.74, 6) is -1.69. The van der Waals surface area contributed by atoms with Crippen molar-refractivity contribution in [1.29, 1.82) is 0 Å². The summed E-state index contributed by atoms with van der Waals surface area (Å²) in [4.78, 5) is 13.0. The Kier molecular flexibility index (Phi) is 20.0. The molecule has 0 aromatic rings. The second kappa shape index (κ2) is 18.6. The van der Waals surface area contributed by atoms with E-state index < -0.39 is 59.5 Å². The average Bonchev–Trinajstić information content (AvgIpc) is 2.68. The minimum absolute atomic E-state index is 0. The summed E-state index contributed by atoms with van der Waals surface area (Å²) in [5, 5.41) is 47.6. The fraction of sp³-hybridized carbons (Fsp3) is 0.947. The molecule has 0 spiro atoms. The molecule has 0 aliphatic carbocycles. The van der Waals surface area contributed by atoms with Gasteiger partial charge in [-0.25, -0.2) is 0 Å². The van der Waals surface area contributed by atoms with Crippen molar-refractivity contribution in [3.8, 4) is 0 Å². The van der Waals surface area contributed by atoms with Gasteiger partial charge in [0, 0.05) is 6.42 Å². The number of nitrogens with zero attached hydrogens (tertiary/aromatic N) is 1. The number of rotatable bonds is 18. The predicted molar refractivity (Wildman–Crippen MR) is 118 cm³/mol. The van der Waals surface area contributed by atoms with Gasteiger partial charge in [-0.3, -0.25) is 9.35 Å². The third kappa shape index (κ3) is 16.4. The van der Waals surface area contributed by atoms with Gasteiger partial charge < -0.3 is 30.4 Å². The standard InChI is InChI=1S/C19H39NO9S.Na.H/c1-2-3-4-5-6-7-8-9-10-11-17(24)20(14-30(27,28)29)12-15(22)18(25)19(26)16(23)13-21;;/h15-16,18-19,21-23,25-26H,2-14H2,1H3,(H,27,28,29);;/t15-,16+,18+,19+;;/m0../s1. The van der Waals surface area contributed by atoms with Crippen molar-refractivity contribution in [1.82, 2.24) is 4.90 Å². The summed E-state index contributed by atoms with van der Waals surface area (Å²) in [6.45, 7) is 0.617. The number of carbonyl (C=O) groups excluding carboxylic acids is 1. The molecule has 0 saturated carbocycles. The van der Waals surface area contributed by atoms with Gasteiger partial charge in [0.25, 0.3) is 10.1 Å². The Hall–Kier alpha value is 0.180. The normalized spacial score (nSPS) is 15.6. The topological polar surface area (TPSA) is 176 Å². The molecule has 0 saturated heterocycles. The molecule has 0 aromatic heterocycles. The molecule has 12 heteroatoms. The van der Waals surface area contributed by atoms with Gasteiger partial charge in [-0.05, 0) is 6.42 Å². The molecule has 0 radical (unpaired) electrons. The third-order valence-electron chi connectivity index (χ3n) is 4.90. The van der Waals surface area contributed by atoms with E-state index in [2.05, 4.69) is 6.92 Å². The maximum absolute atomic E-state index is 12.4. The molecule has 0 aliphatic rings. The molecule has 0 heterocycles. The van der Waals surface area contributed by atoms with E-state index in [4.69, 9.17) is 9.66 Å². The molecule has 1 amide bonds. The first kappa shape index (κ1) is 33.4. The quantitative estimate of drug-likeness (QED) is 0.0845. The van der Waals surface area contributed by atoms with E-state index in [0.717, 1.165) is 25.7 Å². The van der Waals surface area contributed by atoms with Gasteiger partial charge in [-0.1, -0.05) is 58.3 Å². The van der Waals surface area contributed by atoms with Crippen LogP contribution in [0.1, 0.15) is 71.1 Å². The van der Waals surface area contributed by atoms with Crippen LogP contribution in [0.3, 0.4) is 0 Å². The zero-order valence-corrected chi connectivity index (χ0v) is 18.6. The minimum atomic E-state index is -4.57. The maximum atomic E-state index is 12.4. The van der Waals surface area contributed by atoms with Crippen LogP contribution in [-0.4, -0.2) is 122 Å². The monoisotopic (exact) mass is 481 g/mol. The Balaban J connectivity index is 0. The number of hydrogen-bond acceptors (Lipinski definition) is 8. The SMILES string of the molecule is CCCCCCCCCCCC(=O)N(C[C@H](O)[C@@H](O)[C@H](O)[C@H](O)CO)CS(=O)(=O)O.[NaH]. The van der Waals surface area contributed by atoms with Crippen LogP contribution in [0.25, 0.3) is 0 Å². The van der Waals surface area contributed by atoms with E-state index in [0.29, 0.717) is 11.3 Å². The van der Waals surface area contributed by atoms with Crippen molar-refractivity contribution in [2.45, 2.75) is 95.5 Å². The average molecular weight is 482 g/mol. The number of hydrogen-bond donors (Lipinski definition) is 6. The van der Waals surface area contributed by atoms with E-state index in [1.54, 1.807) is 0 Å². The first-order chi connectivity index (χ1) is 14.0. The summed E-state index contributed by atoms with van der Waals surface area (Å²) in [6, 6.07) is 0. The molecular weight excluding hydrogens is 441 g/mol. The van der Waals surface area contributed by atoms with Crippen LogP contribution in [0.2, 0.25) is 0 Å².